The number of carbonyl (C=O) groups excluding carboxylic acids is 3. The molecular formula is C24H23NO4S2. The van der Waals surface area contributed by atoms with E-state index < -0.39 is 18.0 Å². The third-order valence-electron chi connectivity index (χ3n) is 5.38. The van der Waals surface area contributed by atoms with Gasteiger partial charge in [-0.1, -0.05) is 29.8 Å². The molecule has 1 saturated heterocycles. The maximum atomic E-state index is 13.0. The van der Waals surface area contributed by atoms with E-state index in [1.54, 1.807) is 17.0 Å². The summed E-state index contributed by atoms with van der Waals surface area (Å²) in [4.78, 5) is 41.9. The van der Waals surface area contributed by atoms with E-state index in [-0.39, 0.29) is 11.7 Å². The van der Waals surface area contributed by atoms with Crippen LogP contribution in [-0.4, -0.2) is 35.6 Å². The Hall–Kier alpha value is -2.77. The summed E-state index contributed by atoms with van der Waals surface area (Å²) in [5.74, 6) is -1.16. The second kappa shape index (κ2) is 9.58. The van der Waals surface area contributed by atoms with Crippen LogP contribution in [0.3, 0.4) is 0 Å². The minimum Gasteiger partial charge on any atom is -0.448 e. The van der Waals surface area contributed by atoms with Crippen molar-refractivity contribution in [2.45, 2.75) is 25.9 Å². The zero-order valence-corrected chi connectivity index (χ0v) is 18.8. The molecule has 3 aromatic rings. The number of aryl methyl sites for hydroxylation is 1. The smallest absolute Gasteiger partial charge is 0.311 e. The zero-order valence-electron chi connectivity index (χ0n) is 17.2. The van der Waals surface area contributed by atoms with Gasteiger partial charge in [-0.25, -0.2) is 0 Å². The van der Waals surface area contributed by atoms with Crippen molar-refractivity contribution in [3.8, 4) is 0 Å². The number of piperidine rings is 1. The molecule has 0 radical (unpaired) electrons. The van der Waals surface area contributed by atoms with Crippen LogP contribution in [0.4, 0.5) is 0 Å². The monoisotopic (exact) mass is 453 g/mol. The van der Waals surface area contributed by atoms with Gasteiger partial charge in [0.05, 0.1) is 15.7 Å². The maximum absolute atomic E-state index is 13.0. The predicted octanol–water partition coefficient (Wildman–Crippen LogP) is 5.14. The van der Waals surface area contributed by atoms with Crippen molar-refractivity contribution < 1.29 is 19.1 Å². The summed E-state index contributed by atoms with van der Waals surface area (Å²) in [7, 11) is 0. The highest BCUT2D eigenvalue weighted by Crippen LogP contribution is 2.30. The van der Waals surface area contributed by atoms with Crippen molar-refractivity contribution in [2.75, 3.05) is 13.1 Å². The first-order chi connectivity index (χ1) is 15.0. The van der Waals surface area contributed by atoms with Gasteiger partial charge in [0.1, 0.15) is 0 Å². The molecule has 1 aromatic carbocycles. The number of hydrogen-bond acceptors (Lipinski definition) is 6. The molecular weight excluding hydrogens is 430 g/mol. The largest absolute Gasteiger partial charge is 0.448 e. The molecule has 31 heavy (non-hydrogen) atoms. The van der Waals surface area contributed by atoms with Gasteiger partial charge in [-0.15, -0.1) is 22.7 Å². The normalized spacial score (nSPS) is 17.2. The lowest BCUT2D eigenvalue weighted by atomic mass is 9.97. The van der Waals surface area contributed by atoms with Gasteiger partial charge in [0.25, 0.3) is 5.91 Å². The van der Waals surface area contributed by atoms with Gasteiger partial charge in [-0.3, -0.25) is 14.4 Å². The third kappa shape index (κ3) is 4.94. The third-order valence-corrected chi connectivity index (χ3v) is 7.18. The van der Waals surface area contributed by atoms with Gasteiger partial charge < -0.3 is 9.64 Å². The average molecular weight is 454 g/mol. The second-order valence-electron chi connectivity index (χ2n) is 7.63. The van der Waals surface area contributed by atoms with Crippen LogP contribution in [-0.2, 0) is 9.53 Å². The lowest BCUT2D eigenvalue weighted by Gasteiger charge is -2.32. The topological polar surface area (TPSA) is 63.7 Å². The highest BCUT2D eigenvalue weighted by atomic mass is 32.1. The fourth-order valence-electron chi connectivity index (χ4n) is 3.67. The summed E-state index contributed by atoms with van der Waals surface area (Å²) in [5, 5.41) is 3.69. The Kier molecular flexibility index (Phi) is 6.63. The average Bonchev–Trinajstić information content (AvgIpc) is 3.51. The van der Waals surface area contributed by atoms with Crippen LogP contribution in [0, 0.1) is 12.8 Å². The molecule has 1 aliphatic heterocycles. The molecule has 2 aromatic heterocycles. The first kappa shape index (κ1) is 21.5. The number of ketones is 1. The maximum Gasteiger partial charge on any atom is 0.311 e. The van der Waals surface area contributed by atoms with E-state index in [1.807, 2.05) is 54.1 Å². The molecule has 160 valence electrons. The molecule has 5 nitrogen and oxygen atoms in total. The SMILES string of the molecule is Cc1ccc(C(=O)N2CCC[C@H](C(=O)O[C@H](C(=O)c3cccs3)c3cccs3)C2)cc1. The number of nitrogens with zero attached hydrogens (tertiary/aromatic N) is 1. The van der Waals surface area contributed by atoms with Gasteiger partial charge in [-0.2, -0.15) is 0 Å². The fraction of sp³-hybridized carbons (Fsp3) is 0.292. The van der Waals surface area contributed by atoms with E-state index in [1.165, 1.54) is 22.7 Å². The van der Waals surface area contributed by atoms with Crippen LogP contribution in [0.1, 0.15) is 49.4 Å². The van der Waals surface area contributed by atoms with Crippen molar-refractivity contribution in [2.24, 2.45) is 5.92 Å². The van der Waals surface area contributed by atoms with Gasteiger partial charge in [0.2, 0.25) is 5.78 Å². The van der Waals surface area contributed by atoms with Crippen molar-refractivity contribution in [1.29, 1.82) is 0 Å². The minimum absolute atomic E-state index is 0.0815. The highest BCUT2D eigenvalue weighted by Gasteiger charge is 2.34. The van der Waals surface area contributed by atoms with Gasteiger partial charge in [0, 0.05) is 18.7 Å². The van der Waals surface area contributed by atoms with Crippen molar-refractivity contribution in [1.82, 2.24) is 4.90 Å². The van der Waals surface area contributed by atoms with Crippen LogP contribution in [0.25, 0.3) is 0 Å². The Morgan fingerprint density at radius 3 is 2.45 bits per heavy atom. The van der Waals surface area contributed by atoms with Crippen LogP contribution in [0.15, 0.2) is 59.3 Å². The molecule has 3 heterocycles. The molecule has 1 amide bonds. The zero-order chi connectivity index (χ0) is 21.8. The Morgan fingerprint density at radius 2 is 1.77 bits per heavy atom. The number of amides is 1. The van der Waals surface area contributed by atoms with Crippen LogP contribution in [0.5, 0.6) is 0 Å². The minimum atomic E-state index is -0.950. The Morgan fingerprint density at radius 1 is 1.03 bits per heavy atom. The molecule has 1 fully saturated rings. The Balaban J connectivity index is 1.46. The number of thiophene rings is 2. The van der Waals surface area contributed by atoms with Crippen molar-refractivity contribution >= 4 is 40.3 Å². The van der Waals surface area contributed by atoms with E-state index in [4.69, 9.17) is 4.74 Å². The van der Waals surface area contributed by atoms with Gasteiger partial charge in [0.15, 0.2) is 6.10 Å². The lowest BCUT2D eigenvalue weighted by molar-refractivity contribution is -0.153. The molecule has 0 spiro atoms. The van der Waals surface area contributed by atoms with E-state index in [0.29, 0.717) is 34.8 Å². The number of esters is 1. The Bertz CT molecular complexity index is 1040. The number of likely N-dealkylation sites (tertiary alicyclic amines) is 1. The first-order valence-corrected chi connectivity index (χ1v) is 12.0. The molecule has 7 heteroatoms. The summed E-state index contributed by atoms with van der Waals surface area (Å²) in [6, 6.07) is 14.6. The standard InChI is InChI=1S/C24H23NO4S2/c1-16-8-10-17(11-9-16)23(27)25-12-2-5-18(15-25)24(28)29-22(20-7-4-14-31-20)21(26)19-6-3-13-30-19/h3-4,6-11,13-14,18,22H,2,5,12,15H2,1H3/t18-,22-/m0/s1. The number of benzene rings is 1. The highest BCUT2D eigenvalue weighted by molar-refractivity contribution is 7.12. The predicted molar refractivity (Wildman–Crippen MR) is 122 cm³/mol. The van der Waals surface area contributed by atoms with Crippen molar-refractivity contribution in [3.05, 3.63) is 80.2 Å². The second-order valence-corrected chi connectivity index (χ2v) is 9.56. The molecule has 0 aliphatic carbocycles. The van der Waals surface area contributed by atoms with Crippen LogP contribution >= 0.6 is 22.7 Å². The van der Waals surface area contributed by atoms with Crippen LogP contribution < -0.4 is 0 Å². The Labute approximate surface area is 189 Å². The number of hydrogen-bond donors (Lipinski definition) is 0. The van der Waals surface area contributed by atoms with Crippen molar-refractivity contribution in [3.63, 3.8) is 0 Å². The van der Waals surface area contributed by atoms with E-state index in [9.17, 15) is 14.4 Å². The summed E-state index contributed by atoms with van der Waals surface area (Å²) >= 11 is 2.72. The fourth-order valence-corrected chi connectivity index (χ4v) is 5.11. The summed E-state index contributed by atoms with van der Waals surface area (Å²) in [6.07, 6.45) is 0.412. The lowest BCUT2D eigenvalue weighted by Crippen LogP contribution is -2.43. The van der Waals surface area contributed by atoms with Gasteiger partial charge in [-0.05, 0) is 54.8 Å². The quantitative estimate of drug-likeness (QED) is 0.383. The first-order valence-electron chi connectivity index (χ1n) is 10.2. The molecule has 0 bridgehead atoms. The molecule has 1 aliphatic rings. The molecule has 0 unspecified atom stereocenters. The van der Waals surface area contributed by atoms with E-state index >= 15 is 0 Å². The number of ether oxygens (including phenoxy) is 1. The number of Topliss-reactive ketones (excluding diaryl/α,β-unsaturated/α-hetero) is 1. The number of carbonyl (C=O) groups is 3. The molecule has 2 atom stereocenters. The van der Waals surface area contributed by atoms with Gasteiger partial charge >= 0.3 is 5.97 Å². The molecule has 0 N–H and O–H groups in total. The number of rotatable bonds is 6. The summed E-state index contributed by atoms with van der Waals surface area (Å²) < 4.78 is 5.76. The molecule has 4 rings (SSSR count). The van der Waals surface area contributed by atoms with E-state index in [2.05, 4.69) is 0 Å². The van der Waals surface area contributed by atoms with Crippen LogP contribution in [0.2, 0.25) is 0 Å². The van der Waals surface area contributed by atoms with E-state index in [0.717, 1.165) is 12.0 Å². The molecule has 0 saturated carbocycles. The summed E-state index contributed by atoms with van der Waals surface area (Å²) in [5.41, 5.74) is 1.70. The summed E-state index contributed by atoms with van der Waals surface area (Å²) in [6.45, 7) is 2.89.